The highest BCUT2D eigenvalue weighted by Crippen LogP contribution is 2.43. The van der Waals surface area contributed by atoms with Crippen LogP contribution < -0.4 is 24.6 Å². The number of hydrogen-bond donors (Lipinski definition) is 1. The third kappa shape index (κ3) is 3.42. The van der Waals surface area contributed by atoms with Crippen LogP contribution in [0.3, 0.4) is 0 Å². The molecule has 0 aliphatic carbocycles. The van der Waals surface area contributed by atoms with Gasteiger partial charge in [0.05, 0.1) is 5.69 Å². The first kappa shape index (κ1) is 21.1. The lowest BCUT2D eigenvalue weighted by molar-refractivity contribution is -0.122. The van der Waals surface area contributed by atoms with Crippen molar-refractivity contribution in [2.75, 3.05) is 23.6 Å². The number of carbonyl (C=O) groups is 3. The van der Waals surface area contributed by atoms with Gasteiger partial charge in [0.25, 0.3) is 11.8 Å². The van der Waals surface area contributed by atoms with Crippen molar-refractivity contribution < 1.29 is 23.9 Å². The Morgan fingerprint density at radius 1 is 1.06 bits per heavy atom. The molecule has 8 nitrogen and oxygen atoms in total. The van der Waals surface area contributed by atoms with E-state index in [9.17, 15) is 14.4 Å². The van der Waals surface area contributed by atoms with Crippen LogP contribution in [-0.2, 0) is 9.59 Å². The first-order valence-electron chi connectivity index (χ1n) is 10.8. The van der Waals surface area contributed by atoms with E-state index in [1.807, 2.05) is 18.2 Å². The monoisotopic (exact) mass is 447 g/mol. The summed E-state index contributed by atoms with van der Waals surface area (Å²) in [5, 5.41) is 2.26. The number of fused-ring (bicyclic) bond motifs is 2. The number of amides is 4. The van der Waals surface area contributed by atoms with E-state index in [4.69, 9.17) is 9.47 Å². The maximum atomic E-state index is 13.2. The lowest BCUT2D eigenvalue weighted by Crippen LogP contribution is -2.54. The fourth-order valence-electron chi connectivity index (χ4n) is 4.77. The van der Waals surface area contributed by atoms with Gasteiger partial charge in [-0.2, -0.15) is 0 Å². The second-order valence-corrected chi connectivity index (χ2v) is 9.29. The van der Waals surface area contributed by atoms with Gasteiger partial charge in [-0.15, -0.1) is 0 Å². The summed E-state index contributed by atoms with van der Waals surface area (Å²) in [6.45, 7) is 6.69. The summed E-state index contributed by atoms with van der Waals surface area (Å²) >= 11 is 0. The highest BCUT2D eigenvalue weighted by molar-refractivity contribution is 6.39. The summed E-state index contributed by atoms with van der Waals surface area (Å²) in [5.74, 6) is -0.108. The molecule has 2 aromatic carbocycles. The zero-order valence-electron chi connectivity index (χ0n) is 19.0. The van der Waals surface area contributed by atoms with E-state index in [-0.39, 0.29) is 17.9 Å². The maximum absolute atomic E-state index is 13.2. The molecular weight excluding hydrogens is 422 g/mol. The number of imide groups is 2. The molecule has 1 atom stereocenters. The van der Waals surface area contributed by atoms with Crippen LogP contribution in [0.4, 0.5) is 16.2 Å². The second-order valence-electron chi connectivity index (χ2n) is 9.29. The van der Waals surface area contributed by atoms with Gasteiger partial charge >= 0.3 is 6.03 Å². The number of carbonyl (C=O) groups excluding carboxylic acids is 3. The molecular formula is C25H25N3O5. The van der Waals surface area contributed by atoms with Crippen molar-refractivity contribution in [3.8, 4) is 11.5 Å². The quantitative estimate of drug-likeness (QED) is 0.557. The van der Waals surface area contributed by atoms with E-state index in [0.717, 1.165) is 22.6 Å². The number of hydrogen-bond acceptors (Lipinski definition) is 6. The summed E-state index contributed by atoms with van der Waals surface area (Å²) in [4.78, 5) is 41.5. The van der Waals surface area contributed by atoms with E-state index < -0.39 is 17.8 Å². The van der Waals surface area contributed by atoms with Gasteiger partial charge in [0.2, 0.25) is 6.79 Å². The molecule has 1 N–H and O–H groups in total. The Labute approximate surface area is 191 Å². The highest BCUT2D eigenvalue weighted by atomic mass is 16.7. The smallest absolute Gasteiger partial charge is 0.335 e. The van der Waals surface area contributed by atoms with Crippen molar-refractivity contribution in [1.29, 1.82) is 0 Å². The van der Waals surface area contributed by atoms with Gasteiger partial charge in [-0.25, -0.2) is 9.69 Å². The molecule has 0 saturated carbocycles. The average molecular weight is 447 g/mol. The molecule has 1 fully saturated rings. The van der Waals surface area contributed by atoms with Crippen LogP contribution >= 0.6 is 0 Å². The summed E-state index contributed by atoms with van der Waals surface area (Å²) in [6.07, 6.45) is 2.53. The SMILES string of the molecule is CC1CC(C)(C)N(C)c2ccc(/C=C3/C(=O)NC(=O)N(c4ccc5c(c4)OCO5)C3=O)cc21. The van der Waals surface area contributed by atoms with Crippen molar-refractivity contribution >= 4 is 35.3 Å². The number of anilines is 2. The van der Waals surface area contributed by atoms with Gasteiger partial charge < -0.3 is 14.4 Å². The van der Waals surface area contributed by atoms with E-state index in [1.165, 1.54) is 11.6 Å². The van der Waals surface area contributed by atoms with Crippen LogP contribution in [0.1, 0.15) is 44.2 Å². The first-order valence-corrected chi connectivity index (χ1v) is 10.8. The maximum Gasteiger partial charge on any atom is 0.335 e. The normalized spacial score (nSPS) is 22.5. The molecule has 5 rings (SSSR count). The van der Waals surface area contributed by atoms with Crippen LogP contribution in [0.2, 0.25) is 0 Å². The fourth-order valence-corrected chi connectivity index (χ4v) is 4.77. The second kappa shape index (κ2) is 7.37. The number of benzene rings is 2. The molecule has 2 aromatic rings. The fraction of sp³-hybridized carbons (Fsp3) is 0.320. The molecule has 170 valence electrons. The topological polar surface area (TPSA) is 88.2 Å². The molecule has 8 heteroatoms. The third-order valence-corrected chi connectivity index (χ3v) is 6.68. The predicted molar refractivity (Wildman–Crippen MR) is 124 cm³/mol. The van der Waals surface area contributed by atoms with Crippen molar-refractivity contribution in [2.45, 2.75) is 38.6 Å². The third-order valence-electron chi connectivity index (χ3n) is 6.68. The number of urea groups is 1. The van der Waals surface area contributed by atoms with E-state index >= 15 is 0 Å². The summed E-state index contributed by atoms with van der Waals surface area (Å²) < 4.78 is 10.6. The van der Waals surface area contributed by atoms with Gasteiger partial charge in [0.15, 0.2) is 11.5 Å². The minimum Gasteiger partial charge on any atom is -0.454 e. The van der Waals surface area contributed by atoms with Gasteiger partial charge in [-0.05, 0) is 67.7 Å². The Bertz CT molecular complexity index is 1230. The molecule has 1 unspecified atom stereocenters. The molecule has 0 spiro atoms. The molecule has 0 bridgehead atoms. The minimum atomic E-state index is -0.802. The number of nitrogens with one attached hydrogen (secondary N) is 1. The average Bonchev–Trinajstić information content (AvgIpc) is 3.23. The Balaban J connectivity index is 1.51. The Hall–Kier alpha value is -3.81. The Kier molecular flexibility index (Phi) is 4.70. The molecule has 0 radical (unpaired) electrons. The van der Waals surface area contributed by atoms with Crippen LogP contribution in [-0.4, -0.2) is 37.2 Å². The van der Waals surface area contributed by atoms with Crippen molar-refractivity contribution in [2.24, 2.45) is 0 Å². The van der Waals surface area contributed by atoms with E-state index in [0.29, 0.717) is 23.1 Å². The van der Waals surface area contributed by atoms with Gasteiger partial charge in [0, 0.05) is 24.3 Å². The van der Waals surface area contributed by atoms with Gasteiger partial charge in [-0.1, -0.05) is 13.0 Å². The molecule has 1 saturated heterocycles. The lowest BCUT2D eigenvalue weighted by Gasteiger charge is -2.45. The van der Waals surface area contributed by atoms with E-state index in [2.05, 4.69) is 38.0 Å². The number of ether oxygens (including phenoxy) is 2. The predicted octanol–water partition coefficient (Wildman–Crippen LogP) is 3.80. The Morgan fingerprint density at radius 3 is 2.61 bits per heavy atom. The zero-order valence-corrected chi connectivity index (χ0v) is 19.0. The molecule has 0 aromatic heterocycles. The van der Waals surface area contributed by atoms with Crippen molar-refractivity contribution in [3.63, 3.8) is 0 Å². The largest absolute Gasteiger partial charge is 0.454 e. The van der Waals surface area contributed by atoms with Crippen molar-refractivity contribution in [1.82, 2.24) is 5.32 Å². The standard InChI is InChI=1S/C25H25N3O5/c1-14-12-25(2,3)27(4)19-7-5-15(9-17(14)19)10-18-22(29)26-24(31)28(23(18)30)16-6-8-20-21(11-16)33-13-32-20/h5-11,14H,12-13H2,1-4H3,(H,26,29,31)/b18-10-. The number of barbiturate groups is 1. The van der Waals surface area contributed by atoms with Crippen molar-refractivity contribution in [3.05, 3.63) is 53.1 Å². The minimum absolute atomic E-state index is 0.0388. The highest BCUT2D eigenvalue weighted by Gasteiger charge is 2.38. The van der Waals surface area contributed by atoms with Crippen LogP contribution in [0.15, 0.2) is 42.0 Å². The first-order chi connectivity index (χ1) is 15.7. The lowest BCUT2D eigenvalue weighted by atomic mass is 9.80. The Morgan fingerprint density at radius 2 is 1.82 bits per heavy atom. The molecule has 4 amide bonds. The zero-order chi connectivity index (χ0) is 23.5. The van der Waals surface area contributed by atoms with Gasteiger partial charge in [0.1, 0.15) is 5.57 Å². The summed E-state index contributed by atoms with van der Waals surface area (Å²) in [7, 11) is 2.08. The molecule has 3 heterocycles. The van der Waals surface area contributed by atoms with Crippen LogP contribution in [0.25, 0.3) is 6.08 Å². The number of rotatable bonds is 2. The van der Waals surface area contributed by atoms with Crippen LogP contribution in [0, 0.1) is 0 Å². The van der Waals surface area contributed by atoms with E-state index in [1.54, 1.807) is 18.2 Å². The summed E-state index contributed by atoms with van der Waals surface area (Å²) in [5.41, 5.74) is 3.26. The molecule has 3 aliphatic heterocycles. The molecule has 3 aliphatic rings. The van der Waals surface area contributed by atoms with Crippen LogP contribution in [0.5, 0.6) is 11.5 Å². The van der Waals surface area contributed by atoms with Gasteiger partial charge in [-0.3, -0.25) is 14.9 Å². The number of nitrogens with zero attached hydrogens (tertiary/aromatic N) is 2. The summed E-state index contributed by atoms with van der Waals surface area (Å²) in [6, 6.07) is 9.87. The molecule has 33 heavy (non-hydrogen) atoms.